The van der Waals surface area contributed by atoms with Crippen LogP contribution in [0.25, 0.3) is 0 Å². The van der Waals surface area contributed by atoms with Gasteiger partial charge in [0.2, 0.25) is 5.95 Å². The van der Waals surface area contributed by atoms with Crippen LogP contribution in [0.2, 0.25) is 0 Å². The molecule has 0 spiro atoms. The Morgan fingerprint density at radius 3 is 2.69 bits per heavy atom. The summed E-state index contributed by atoms with van der Waals surface area (Å²) in [7, 11) is 1.86. The molecule has 0 aliphatic heterocycles. The van der Waals surface area contributed by atoms with Gasteiger partial charge in [-0.25, -0.2) is 9.97 Å². The molecule has 1 rings (SSSR count). The van der Waals surface area contributed by atoms with Crippen molar-refractivity contribution in [2.24, 2.45) is 0 Å². The van der Waals surface area contributed by atoms with Gasteiger partial charge in [0.1, 0.15) is 0 Å². The van der Waals surface area contributed by atoms with Crippen molar-refractivity contribution in [2.45, 2.75) is 26.3 Å². The van der Waals surface area contributed by atoms with E-state index in [1.54, 1.807) is 25.4 Å². The second-order valence-corrected chi connectivity index (χ2v) is 3.52. The number of carbonyl (C=O) groups excluding carboxylic acids is 1. The highest BCUT2D eigenvalue weighted by molar-refractivity contribution is 5.70. The monoisotopic (exact) mass is 223 g/mol. The molecule has 1 atom stereocenters. The number of esters is 1. The van der Waals surface area contributed by atoms with Crippen molar-refractivity contribution in [2.75, 3.05) is 18.6 Å². The van der Waals surface area contributed by atoms with Crippen molar-refractivity contribution < 1.29 is 9.53 Å². The fraction of sp³-hybridized carbons (Fsp3) is 0.545. The molecule has 88 valence electrons. The maximum atomic E-state index is 11.3. The summed E-state index contributed by atoms with van der Waals surface area (Å²) in [5.74, 6) is 0.414. The SMILES string of the molecule is CCOC(=O)CC(C)N(C)c1ncccn1. The minimum absolute atomic E-state index is 0.0152. The molecule has 16 heavy (non-hydrogen) atoms. The lowest BCUT2D eigenvalue weighted by molar-refractivity contribution is -0.143. The number of nitrogens with zero attached hydrogens (tertiary/aromatic N) is 3. The van der Waals surface area contributed by atoms with Gasteiger partial charge in [0.15, 0.2) is 0 Å². The standard InChI is InChI=1S/C11H17N3O2/c1-4-16-10(15)8-9(2)14(3)11-12-6-5-7-13-11/h5-7,9H,4,8H2,1-3H3. The summed E-state index contributed by atoms with van der Waals surface area (Å²) in [6.45, 7) is 4.15. The highest BCUT2D eigenvalue weighted by Crippen LogP contribution is 2.10. The summed E-state index contributed by atoms with van der Waals surface area (Å²) in [6.07, 6.45) is 3.69. The summed E-state index contributed by atoms with van der Waals surface area (Å²) in [5.41, 5.74) is 0. The van der Waals surface area contributed by atoms with Crippen LogP contribution < -0.4 is 4.90 Å². The largest absolute Gasteiger partial charge is 0.466 e. The Morgan fingerprint density at radius 2 is 2.12 bits per heavy atom. The molecule has 0 saturated heterocycles. The summed E-state index contributed by atoms with van der Waals surface area (Å²) in [5, 5.41) is 0. The third-order valence-corrected chi connectivity index (χ3v) is 2.30. The zero-order valence-corrected chi connectivity index (χ0v) is 9.88. The Bertz CT molecular complexity index is 329. The van der Waals surface area contributed by atoms with Crippen LogP contribution in [0.5, 0.6) is 0 Å². The highest BCUT2D eigenvalue weighted by atomic mass is 16.5. The van der Waals surface area contributed by atoms with Crippen LogP contribution in [-0.4, -0.2) is 35.6 Å². The third kappa shape index (κ3) is 3.49. The zero-order valence-electron chi connectivity index (χ0n) is 9.88. The highest BCUT2D eigenvalue weighted by Gasteiger charge is 2.16. The Kier molecular flexibility index (Phi) is 4.69. The minimum Gasteiger partial charge on any atom is -0.466 e. The van der Waals surface area contributed by atoms with Gasteiger partial charge in [-0.2, -0.15) is 0 Å². The molecule has 5 nitrogen and oxygen atoms in total. The molecule has 0 N–H and O–H groups in total. The zero-order chi connectivity index (χ0) is 12.0. The van der Waals surface area contributed by atoms with Crippen LogP contribution in [0.3, 0.4) is 0 Å². The molecule has 1 aromatic rings. The number of ether oxygens (including phenoxy) is 1. The Labute approximate surface area is 95.5 Å². The number of carbonyl (C=O) groups is 1. The van der Waals surface area contributed by atoms with Crippen LogP contribution in [0.15, 0.2) is 18.5 Å². The second-order valence-electron chi connectivity index (χ2n) is 3.52. The first-order valence-electron chi connectivity index (χ1n) is 5.30. The van der Waals surface area contributed by atoms with Gasteiger partial charge in [-0.3, -0.25) is 4.79 Å². The first kappa shape index (κ1) is 12.4. The van der Waals surface area contributed by atoms with E-state index in [4.69, 9.17) is 4.74 Å². The number of anilines is 1. The van der Waals surface area contributed by atoms with Gasteiger partial charge in [0, 0.05) is 25.5 Å². The van der Waals surface area contributed by atoms with Gasteiger partial charge >= 0.3 is 5.97 Å². The lowest BCUT2D eigenvalue weighted by Gasteiger charge is -2.23. The molecule has 0 aliphatic rings. The van der Waals surface area contributed by atoms with E-state index in [0.717, 1.165) is 0 Å². The third-order valence-electron chi connectivity index (χ3n) is 2.30. The van der Waals surface area contributed by atoms with E-state index in [1.807, 2.05) is 18.9 Å². The van der Waals surface area contributed by atoms with Crippen LogP contribution in [-0.2, 0) is 9.53 Å². The van der Waals surface area contributed by atoms with E-state index < -0.39 is 0 Å². The quantitative estimate of drug-likeness (QED) is 0.703. The maximum absolute atomic E-state index is 11.3. The number of hydrogen-bond acceptors (Lipinski definition) is 5. The average molecular weight is 223 g/mol. The number of hydrogen-bond donors (Lipinski definition) is 0. The van der Waals surface area contributed by atoms with Crippen LogP contribution in [0, 0.1) is 0 Å². The van der Waals surface area contributed by atoms with Gasteiger partial charge in [0.05, 0.1) is 13.0 Å². The van der Waals surface area contributed by atoms with E-state index >= 15 is 0 Å². The molecular weight excluding hydrogens is 206 g/mol. The van der Waals surface area contributed by atoms with E-state index in [-0.39, 0.29) is 12.0 Å². The van der Waals surface area contributed by atoms with Crippen molar-refractivity contribution in [1.82, 2.24) is 9.97 Å². The predicted molar refractivity (Wildman–Crippen MR) is 61.1 cm³/mol. The Hall–Kier alpha value is -1.65. The molecule has 0 fully saturated rings. The molecule has 0 bridgehead atoms. The molecule has 0 aromatic carbocycles. The minimum atomic E-state index is -0.196. The van der Waals surface area contributed by atoms with Crippen molar-refractivity contribution in [3.8, 4) is 0 Å². The average Bonchev–Trinajstić information content (AvgIpc) is 2.29. The molecule has 5 heteroatoms. The summed E-state index contributed by atoms with van der Waals surface area (Å²) in [4.78, 5) is 21.4. The van der Waals surface area contributed by atoms with Crippen molar-refractivity contribution in [3.05, 3.63) is 18.5 Å². The van der Waals surface area contributed by atoms with E-state index in [9.17, 15) is 4.79 Å². The number of rotatable bonds is 5. The topological polar surface area (TPSA) is 55.3 Å². The lowest BCUT2D eigenvalue weighted by atomic mass is 10.2. The fourth-order valence-corrected chi connectivity index (χ4v) is 1.27. The second kappa shape index (κ2) is 6.05. The normalized spacial score (nSPS) is 11.9. The van der Waals surface area contributed by atoms with Crippen molar-refractivity contribution >= 4 is 11.9 Å². The van der Waals surface area contributed by atoms with Gasteiger partial charge < -0.3 is 9.64 Å². The maximum Gasteiger partial charge on any atom is 0.307 e. The summed E-state index contributed by atoms with van der Waals surface area (Å²) < 4.78 is 4.89. The number of aromatic nitrogens is 2. The summed E-state index contributed by atoms with van der Waals surface area (Å²) in [6, 6.07) is 1.77. The predicted octanol–water partition coefficient (Wildman–Crippen LogP) is 1.25. The van der Waals surface area contributed by atoms with Crippen molar-refractivity contribution in [3.63, 3.8) is 0 Å². The van der Waals surface area contributed by atoms with E-state index in [2.05, 4.69) is 9.97 Å². The van der Waals surface area contributed by atoms with Crippen molar-refractivity contribution in [1.29, 1.82) is 0 Å². The lowest BCUT2D eigenvalue weighted by Crippen LogP contribution is -2.32. The molecule has 0 aliphatic carbocycles. The first-order chi connectivity index (χ1) is 7.65. The molecule has 0 amide bonds. The fourth-order valence-electron chi connectivity index (χ4n) is 1.27. The molecule has 1 heterocycles. The van der Waals surface area contributed by atoms with E-state index in [1.165, 1.54) is 0 Å². The van der Waals surface area contributed by atoms with Gasteiger partial charge in [-0.15, -0.1) is 0 Å². The van der Waals surface area contributed by atoms with E-state index in [0.29, 0.717) is 19.0 Å². The van der Waals surface area contributed by atoms with Gasteiger partial charge in [-0.1, -0.05) is 0 Å². The molecular formula is C11H17N3O2. The van der Waals surface area contributed by atoms with Gasteiger partial charge in [0.25, 0.3) is 0 Å². The molecule has 1 unspecified atom stereocenters. The van der Waals surface area contributed by atoms with Crippen LogP contribution >= 0.6 is 0 Å². The Balaban J connectivity index is 2.54. The van der Waals surface area contributed by atoms with Gasteiger partial charge in [-0.05, 0) is 19.9 Å². The van der Waals surface area contributed by atoms with Crippen LogP contribution in [0.4, 0.5) is 5.95 Å². The molecule has 0 radical (unpaired) electrons. The van der Waals surface area contributed by atoms with Crippen LogP contribution in [0.1, 0.15) is 20.3 Å². The Morgan fingerprint density at radius 1 is 1.50 bits per heavy atom. The molecule has 0 saturated carbocycles. The first-order valence-corrected chi connectivity index (χ1v) is 5.30. The smallest absolute Gasteiger partial charge is 0.307 e. The molecule has 1 aromatic heterocycles. The summed E-state index contributed by atoms with van der Waals surface area (Å²) >= 11 is 0.